The van der Waals surface area contributed by atoms with E-state index in [1.165, 1.54) is 18.4 Å². The lowest BCUT2D eigenvalue weighted by Gasteiger charge is -2.34. The second-order valence-electron chi connectivity index (χ2n) is 7.82. The maximum Gasteiger partial charge on any atom is 0.257 e. The summed E-state index contributed by atoms with van der Waals surface area (Å²) in [5, 5.41) is 0. The van der Waals surface area contributed by atoms with E-state index < -0.39 is 0 Å². The summed E-state index contributed by atoms with van der Waals surface area (Å²) in [5.41, 5.74) is 1.83. The quantitative estimate of drug-likeness (QED) is 0.682. The smallest absolute Gasteiger partial charge is 0.257 e. The minimum absolute atomic E-state index is 0.0219. The minimum Gasteiger partial charge on any atom is -0.497 e. The first-order valence-electron chi connectivity index (χ1n) is 10.3. The Kier molecular flexibility index (Phi) is 7.53. The molecule has 156 valence electrons. The van der Waals surface area contributed by atoms with Crippen LogP contribution in [0.4, 0.5) is 0 Å². The van der Waals surface area contributed by atoms with Crippen LogP contribution in [0.1, 0.15) is 28.8 Å². The van der Waals surface area contributed by atoms with E-state index >= 15 is 0 Å². The molecule has 1 saturated heterocycles. The van der Waals surface area contributed by atoms with Crippen LogP contribution < -0.4 is 9.47 Å². The summed E-state index contributed by atoms with van der Waals surface area (Å²) < 4.78 is 10.8. The number of rotatable bonds is 8. The van der Waals surface area contributed by atoms with Gasteiger partial charge in [-0.15, -0.1) is 0 Å². The van der Waals surface area contributed by atoms with Crippen molar-refractivity contribution in [2.45, 2.75) is 19.3 Å². The van der Waals surface area contributed by atoms with Gasteiger partial charge in [-0.05, 0) is 56.5 Å². The molecule has 1 atom stereocenters. The van der Waals surface area contributed by atoms with Gasteiger partial charge in [0.15, 0.2) is 0 Å². The molecule has 29 heavy (non-hydrogen) atoms. The van der Waals surface area contributed by atoms with Crippen molar-refractivity contribution < 1.29 is 14.3 Å². The van der Waals surface area contributed by atoms with Crippen molar-refractivity contribution in [2.75, 3.05) is 47.4 Å². The Morgan fingerprint density at radius 3 is 2.62 bits per heavy atom. The third-order valence-corrected chi connectivity index (χ3v) is 5.64. The maximum absolute atomic E-state index is 13.5. The number of methoxy groups -OCH3 is 2. The number of piperidine rings is 1. The Hall–Kier alpha value is -2.53. The highest BCUT2D eigenvalue weighted by Gasteiger charge is 2.25. The van der Waals surface area contributed by atoms with Crippen molar-refractivity contribution in [3.63, 3.8) is 0 Å². The highest BCUT2D eigenvalue weighted by molar-refractivity contribution is 5.97. The minimum atomic E-state index is 0.0219. The van der Waals surface area contributed by atoms with Crippen molar-refractivity contribution in [1.82, 2.24) is 9.80 Å². The van der Waals surface area contributed by atoms with Gasteiger partial charge in [-0.3, -0.25) is 4.79 Å². The number of ether oxygens (including phenoxy) is 2. The van der Waals surface area contributed by atoms with E-state index in [1.807, 2.05) is 35.2 Å². The highest BCUT2D eigenvalue weighted by atomic mass is 16.5. The summed E-state index contributed by atoms with van der Waals surface area (Å²) in [6.45, 7) is 3.64. The van der Waals surface area contributed by atoms with Crippen LogP contribution in [0.25, 0.3) is 0 Å². The fraction of sp³-hybridized carbons (Fsp3) is 0.458. The summed E-state index contributed by atoms with van der Waals surface area (Å²) in [7, 11) is 5.37. The zero-order valence-electron chi connectivity index (χ0n) is 17.8. The van der Waals surface area contributed by atoms with Crippen LogP contribution in [0.2, 0.25) is 0 Å². The molecule has 2 aromatic rings. The molecule has 1 amide bonds. The number of hydrogen-bond donors (Lipinski definition) is 0. The fourth-order valence-corrected chi connectivity index (χ4v) is 4.06. The first-order chi connectivity index (χ1) is 14.1. The first kappa shape index (κ1) is 21.2. The standard InChI is InChI=1S/C24H32N2O3/c1-25-14-7-10-20(17-25)18-26(15-13-19-8-5-4-6-9-19)24(27)22-12-11-21(28-2)16-23(22)29-3/h4-6,8-9,11-12,16,20H,7,10,13-15,17-18H2,1-3H3. The third-order valence-electron chi connectivity index (χ3n) is 5.64. The van der Waals surface area contributed by atoms with Crippen LogP contribution in [0, 0.1) is 5.92 Å². The molecule has 0 N–H and O–H groups in total. The van der Waals surface area contributed by atoms with E-state index in [0.717, 1.165) is 26.1 Å². The third kappa shape index (κ3) is 5.73. The number of carbonyl (C=O) groups excluding carboxylic acids is 1. The van der Waals surface area contributed by atoms with Gasteiger partial charge >= 0.3 is 0 Å². The van der Waals surface area contributed by atoms with Crippen molar-refractivity contribution in [3.8, 4) is 11.5 Å². The van der Waals surface area contributed by atoms with Gasteiger partial charge in [-0.1, -0.05) is 30.3 Å². The lowest BCUT2D eigenvalue weighted by atomic mass is 9.97. The van der Waals surface area contributed by atoms with Gasteiger partial charge in [0.1, 0.15) is 11.5 Å². The normalized spacial score (nSPS) is 17.0. The first-order valence-corrected chi connectivity index (χ1v) is 10.3. The van der Waals surface area contributed by atoms with E-state index in [9.17, 15) is 4.79 Å². The average Bonchev–Trinajstić information content (AvgIpc) is 2.76. The number of amides is 1. The zero-order valence-corrected chi connectivity index (χ0v) is 17.8. The molecule has 2 aromatic carbocycles. The van der Waals surface area contributed by atoms with Gasteiger partial charge < -0.3 is 19.3 Å². The van der Waals surface area contributed by atoms with Gasteiger partial charge in [0.2, 0.25) is 0 Å². The average molecular weight is 397 g/mol. The Labute approximate surface area is 174 Å². The number of likely N-dealkylation sites (tertiary alicyclic amines) is 1. The van der Waals surface area contributed by atoms with Crippen molar-refractivity contribution in [2.24, 2.45) is 5.92 Å². The van der Waals surface area contributed by atoms with Crippen LogP contribution in [0.3, 0.4) is 0 Å². The van der Waals surface area contributed by atoms with Crippen molar-refractivity contribution >= 4 is 5.91 Å². The van der Waals surface area contributed by atoms with E-state index in [0.29, 0.717) is 29.5 Å². The molecule has 5 nitrogen and oxygen atoms in total. The molecule has 1 aliphatic heterocycles. The number of nitrogens with zero attached hydrogens (tertiary/aromatic N) is 2. The van der Waals surface area contributed by atoms with Gasteiger partial charge in [0.05, 0.1) is 19.8 Å². The predicted molar refractivity (Wildman–Crippen MR) is 116 cm³/mol. The molecule has 0 bridgehead atoms. The second kappa shape index (κ2) is 10.3. The van der Waals surface area contributed by atoms with E-state index in [1.54, 1.807) is 20.3 Å². The molecule has 0 spiro atoms. The Morgan fingerprint density at radius 1 is 1.14 bits per heavy atom. The molecule has 3 rings (SSSR count). The Bertz CT molecular complexity index is 794. The molecule has 0 aromatic heterocycles. The molecule has 0 aliphatic carbocycles. The van der Waals surface area contributed by atoms with Crippen LogP contribution in [0.15, 0.2) is 48.5 Å². The van der Waals surface area contributed by atoms with Crippen LogP contribution >= 0.6 is 0 Å². The van der Waals surface area contributed by atoms with Crippen LogP contribution in [0.5, 0.6) is 11.5 Å². The van der Waals surface area contributed by atoms with E-state index in [4.69, 9.17) is 9.47 Å². The molecule has 0 radical (unpaired) electrons. The molecular weight excluding hydrogens is 364 g/mol. The lowest BCUT2D eigenvalue weighted by Crippen LogP contribution is -2.42. The van der Waals surface area contributed by atoms with Gasteiger partial charge in [0.25, 0.3) is 5.91 Å². The topological polar surface area (TPSA) is 42.0 Å². The second-order valence-corrected chi connectivity index (χ2v) is 7.82. The fourth-order valence-electron chi connectivity index (χ4n) is 4.06. The van der Waals surface area contributed by atoms with Crippen LogP contribution in [-0.4, -0.2) is 63.2 Å². The van der Waals surface area contributed by atoms with Crippen LogP contribution in [-0.2, 0) is 6.42 Å². The summed E-state index contributed by atoms with van der Waals surface area (Å²) in [6.07, 6.45) is 3.19. The molecule has 1 aliphatic rings. The molecular formula is C24H32N2O3. The Morgan fingerprint density at radius 2 is 1.93 bits per heavy atom. The zero-order chi connectivity index (χ0) is 20.6. The lowest BCUT2D eigenvalue weighted by molar-refractivity contribution is 0.0690. The number of hydrogen-bond acceptors (Lipinski definition) is 4. The number of benzene rings is 2. The summed E-state index contributed by atoms with van der Waals surface area (Å²) >= 11 is 0. The van der Waals surface area contributed by atoms with E-state index in [-0.39, 0.29) is 5.91 Å². The van der Waals surface area contributed by atoms with Crippen molar-refractivity contribution in [3.05, 3.63) is 59.7 Å². The van der Waals surface area contributed by atoms with Gasteiger partial charge in [0, 0.05) is 25.7 Å². The van der Waals surface area contributed by atoms with E-state index in [2.05, 4.69) is 24.1 Å². The SMILES string of the molecule is COc1ccc(C(=O)N(CCc2ccccc2)CC2CCCN(C)C2)c(OC)c1. The van der Waals surface area contributed by atoms with Crippen molar-refractivity contribution in [1.29, 1.82) is 0 Å². The molecule has 5 heteroatoms. The summed E-state index contributed by atoms with van der Waals surface area (Å²) in [4.78, 5) is 17.9. The predicted octanol–water partition coefficient (Wildman–Crippen LogP) is 3.73. The number of carbonyl (C=O) groups is 1. The summed E-state index contributed by atoms with van der Waals surface area (Å²) in [5.74, 6) is 1.76. The largest absolute Gasteiger partial charge is 0.497 e. The molecule has 1 heterocycles. The van der Waals surface area contributed by atoms with Gasteiger partial charge in [-0.2, -0.15) is 0 Å². The molecule has 0 saturated carbocycles. The van der Waals surface area contributed by atoms with Gasteiger partial charge in [-0.25, -0.2) is 0 Å². The monoisotopic (exact) mass is 396 g/mol. The molecule has 1 fully saturated rings. The Balaban J connectivity index is 1.79. The molecule has 1 unspecified atom stereocenters. The highest BCUT2D eigenvalue weighted by Crippen LogP contribution is 2.27. The maximum atomic E-state index is 13.5. The summed E-state index contributed by atoms with van der Waals surface area (Å²) in [6, 6.07) is 15.7.